The van der Waals surface area contributed by atoms with Crippen LogP contribution < -0.4 is 10.9 Å². The number of aryl methyl sites for hydroxylation is 1. The molecule has 3 rings (SSSR count). The van der Waals surface area contributed by atoms with E-state index in [9.17, 15) is 19.4 Å². The highest BCUT2D eigenvalue weighted by molar-refractivity contribution is 5.86. The fourth-order valence-corrected chi connectivity index (χ4v) is 3.39. The van der Waals surface area contributed by atoms with Gasteiger partial charge in [0.15, 0.2) is 0 Å². The number of aliphatic hydroxyl groups is 2. The smallest absolute Gasteiger partial charge is 0.252 e. The zero-order valence-corrected chi connectivity index (χ0v) is 22.8. The van der Waals surface area contributed by atoms with Crippen molar-refractivity contribution >= 4 is 23.1 Å². The Morgan fingerprint density at radius 2 is 1.71 bits per heavy atom. The second-order valence-electron chi connectivity index (χ2n) is 7.13. The number of nitrogens with zero attached hydrogens (tertiary/aromatic N) is 2. The van der Waals surface area contributed by atoms with Gasteiger partial charge in [0.1, 0.15) is 5.82 Å². The zero-order valence-electron chi connectivity index (χ0n) is 22.8. The van der Waals surface area contributed by atoms with Crippen molar-refractivity contribution in [1.82, 2.24) is 9.47 Å². The molecule has 0 saturated heterocycles. The first-order valence-electron chi connectivity index (χ1n) is 12.6. The Morgan fingerprint density at radius 3 is 2.26 bits per heavy atom. The number of rotatable bonds is 6. The largest absolute Gasteiger partial charge is 0.394 e. The SMILES string of the molecule is CC.CC.CC.CC/C=C1/c2c(Nc3ccc(C)cc3F)cc(=O)n(C)c2C=CN1CC(O)CO. The molecular weight excluding hydrogens is 445 g/mol. The predicted octanol–water partition coefficient (Wildman–Crippen LogP) is 6.05. The Bertz CT molecular complexity index is 1030. The van der Waals surface area contributed by atoms with E-state index in [1.165, 1.54) is 16.7 Å². The molecule has 0 aliphatic carbocycles. The molecule has 0 amide bonds. The van der Waals surface area contributed by atoms with Crippen LogP contribution in [-0.2, 0) is 7.05 Å². The van der Waals surface area contributed by atoms with Gasteiger partial charge in [-0.15, -0.1) is 0 Å². The van der Waals surface area contributed by atoms with E-state index in [0.29, 0.717) is 11.4 Å². The number of allylic oxidation sites excluding steroid dienone is 1. The van der Waals surface area contributed by atoms with Crippen molar-refractivity contribution in [1.29, 1.82) is 0 Å². The molecule has 1 aliphatic rings. The molecule has 1 atom stereocenters. The predicted molar refractivity (Wildman–Crippen MR) is 147 cm³/mol. The lowest BCUT2D eigenvalue weighted by Gasteiger charge is -2.32. The molecule has 1 unspecified atom stereocenters. The normalized spacial score (nSPS) is 13.4. The van der Waals surface area contributed by atoms with Crippen molar-refractivity contribution in [3.8, 4) is 0 Å². The van der Waals surface area contributed by atoms with E-state index in [1.54, 1.807) is 31.5 Å². The van der Waals surface area contributed by atoms with Gasteiger partial charge in [-0.1, -0.05) is 60.6 Å². The molecule has 2 aromatic rings. The molecule has 2 heterocycles. The van der Waals surface area contributed by atoms with E-state index in [0.717, 1.165) is 23.2 Å². The number of benzene rings is 1. The summed E-state index contributed by atoms with van der Waals surface area (Å²) in [5.41, 5.74) is 3.55. The average Bonchev–Trinajstić information content (AvgIpc) is 2.88. The third-order valence-electron chi connectivity index (χ3n) is 4.87. The molecule has 7 heteroatoms. The summed E-state index contributed by atoms with van der Waals surface area (Å²) in [7, 11) is 1.68. The summed E-state index contributed by atoms with van der Waals surface area (Å²) in [6, 6.07) is 6.32. The molecular formula is C28H44FN3O3. The average molecular weight is 490 g/mol. The molecule has 35 heavy (non-hydrogen) atoms. The van der Waals surface area contributed by atoms with Crippen molar-refractivity contribution in [3.63, 3.8) is 0 Å². The van der Waals surface area contributed by atoms with Crippen LogP contribution >= 0.6 is 0 Å². The Kier molecular flexibility index (Phi) is 15.3. The zero-order chi connectivity index (χ0) is 27.1. The maximum absolute atomic E-state index is 14.4. The first-order valence-corrected chi connectivity index (χ1v) is 12.6. The lowest BCUT2D eigenvalue weighted by molar-refractivity contribution is 0.0820. The van der Waals surface area contributed by atoms with Crippen LogP contribution in [0.15, 0.2) is 41.3 Å². The Labute approximate surface area is 210 Å². The lowest BCUT2D eigenvalue weighted by atomic mass is 10.0. The molecule has 0 saturated carbocycles. The monoisotopic (exact) mass is 489 g/mol. The van der Waals surface area contributed by atoms with Crippen molar-refractivity contribution in [2.45, 2.75) is 67.9 Å². The minimum absolute atomic E-state index is 0.194. The number of pyridine rings is 1. The number of aliphatic hydroxyl groups excluding tert-OH is 2. The van der Waals surface area contributed by atoms with Gasteiger partial charge in [-0.05, 0) is 37.1 Å². The summed E-state index contributed by atoms with van der Waals surface area (Å²) in [5.74, 6) is -0.403. The quantitative estimate of drug-likeness (QED) is 0.461. The number of hydrogen-bond donors (Lipinski definition) is 3. The van der Waals surface area contributed by atoms with E-state index in [4.69, 9.17) is 0 Å². The molecule has 0 fully saturated rings. The van der Waals surface area contributed by atoms with Crippen molar-refractivity contribution in [2.24, 2.45) is 7.05 Å². The van der Waals surface area contributed by atoms with Crippen LogP contribution in [0, 0.1) is 12.7 Å². The van der Waals surface area contributed by atoms with Gasteiger partial charge in [-0.3, -0.25) is 4.79 Å². The minimum Gasteiger partial charge on any atom is -0.394 e. The lowest BCUT2D eigenvalue weighted by Crippen LogP contribution is -2.33. The van der Waals surface area contributed by atoms with E-state index >= 15 is 0 Å². The van der Waals surface area contributed by atoms with Gasteiger partial charge in [0.25, 0.3) is 5.56 Å². The van der Waals surface area contributed by atoms with E-state index in [2.05, 4.69) is 5.32 Å². The van der Waals surface area contributed by atoms with Gasteiger partial charge >= 0.3 is 0 Å². The van der Waals surface area contributed by atoms with Crippen LogP contribution in [0.4, 0.5) is 15.8 Å². The highest BCUT2D eigenvalue weighted by Gasteiger charge is 2.25. The molecule has 3 N–H and O–H groups in total. The molecule has 196 valence electrons. The number of halogens is 1. The van der Waals surface area contributed by atoms with Crippen LogP contribution in [0.3, 0.4) is 0 Å². The van der Waals surface area contributed by atoms with Gasteiger partial charge in [0.2, 0.25) is 0 Å². The van der Waals surface area contributed by atoms with Crippen molar-refractivity contribution in [2.75, 3.05) is 18.5 Å². The van der Waals surface area contributed by atoms with Crippen molar-refractivity contribution in [3.05, 3.63) is 69.5 Å². The molecule has 6 nitrogen and oxygen atoms in total. The molecule has 1 aromatic heterocycles. The number of nitrogens with one attached hydrogen (secondary N) is 1. The number of hydrogen-bond acceptors (Lipinski definition) is 5. The van der Waals surface area contributed by atoms with Crippen LogP contribution in [0.25, 0.3) is 11.8 Å². The maximum Gasteiger partial charge on any atom is 0.252 e. The standard InChI is InChI=1S/C22H26FN3O3.3C2H6/c1-4-5-20-22-18(24-17-7-6-14(2)10-16(17)23)11-21(29)25(3)19(22)8-9-26(20)12-15(28)13-27;3*1-2/h5-11,15,24,27-28H,4,12-13H2,1-3H3;3*1-2H3/b20-5-;;;. The summed E-state index contributed by atoms with van der Waals surface area (Å²) in [6.45, 7) is 15.6. The third-order valence-corrected chi connectivity index (χ3v) is 4.87. The van der Waals surface area contributed by atoms with Gasteiger partial charge in [0, 0.05) is 30.6 Å². The first-order chi connectivity index (χ1) is 16.8. The second-order valence-corrected chi connectivity index (χ2v) is 7.13. The van der Waals surface area contributed by atoms with Gasteiger partial charge in [-0.2, -0.15) is 0 Å². The fraction of sp³-hybridized carbons (Fsp3) is 0.464. The van der Waals surface area contributed by atoms with Gasteiger partial charge < -0.3 is 25.0 Å². The highest BCUT2D eigenvalue weighted by Crippen LogP contribution is 2.36. The van der Waals surface area contributed by atoms with Gasteiger partial charge in [-0.25, -0.2) is 4.39 Å². The van der Waals surface area contributed by atoms with Gasteiger partial charge in [0.05, 0.1) is 36.3 Å². The summed E-state index contributed by atoms with van der Waals surface area (Å²) in [5, 5.41) is 22.2. The maximum atomic E-state index is 14.4. The fourth-order valence-electron chi connectivity index (χ4n) is 3.39. The summed E-state index contributed by atoms with van der Waals surface area (Å²) < 4.78 is 16.0. The summed E-state index contributed by atoms with van der Waals surface area (Å²) in [6.07, 6.45) is 5.34. The molecule has 0 bridgehead atoms. The van der Waals surface area contributed by atoms with Crippen LogP contribution in [0.1, 0.15) is 71.7 Å². The number of fused-ring (bicyclic) bond motifs is 1. The van der Waals surface area contributed by atoms with Crippen LogP contribution in [0.2, 0.25) is 0 Å². The van der Waals surface area contributed by atoms with E-state index in [1.807, 2.05) is 66.4 Å². The van der Waals surface area contributed by atoms with Crippen LogP contribution in [0.5, 0.6) is 0 Å². The first kappa shape index (κ1) is 32.1. The molecule has 0 spiro atoms. The Balaban J connectivity index is 0.00000179. The highest BCUT2D eigenvalue weighted by atomic mass is 19.1. The molecule has 1 aromatic carbocycles. The second kappa shape index (κ2) is 16.7. The van der Waals surface area contributed by atoms with Crippen LogP contribution in [-0.4, -0.2) is 38.9 Å². The topological polar surface area (TPSA) is 77.7 Å². The Hall–Kier alpha value is -2.90. The number of β-amino-alcohol motifs (C(OH)–C–C–N with tert-alkyl or cyclic N) is 1. The minimum atomic E-state index is -0.917. The van der Waals surface area contributed by atoms with E-state index < -0.39 is 11.9 Å². The summed E-state index contributed by atoms with van der Waals surface area (Å²) in [4.78, 5) is 14.3. The molecule has 1 aliphatic heterocycles. The Morgan fingerprint density at radius 1 is 1.09 bits per heavy atom. The summed E-state index contributed by atoms with van der Waals surface area (Å²) >= 11 is 0. The number of aromatic nitrogens is 1. The molecule has 0 radical (unpaired) electrons. The van der Waals surface area contributed by atoms with E-state index in [-0.39, 0.29) is 24.4 Å². The van der Waals surface area contributed by atoms with Crippen molar-refractivity contribution < 1.29 is 14.6 Å². The third kappa shape index (κ3) is 8.37. The number of anilines is 2.